The highest BCUT2D eigenvalue weighted by molar-refractivity contribution is 7.90. The average Bonchev–Trinajstić information content (AvgIpc) is 2.18. The van der Waals surface area contributed by atoms with E-state index >= 15 is 0 Å². The van der Waals surface area contributed by atoms with Crippen molar-refractivity contribution in [2.24, 2.45) is 0 Å². The summed E-state index contributed by atoms with van der Waals surface area (Å²) < 4.78 is 23.2. The molecule has 0 fully saturated rings. The van der Waals surface area contributed by atoms with Crippen LogP contribution in [0.4, 0.5) is 5.69 Å². The minimum Gasteiger partial charge on any atom is -0.399 e. The Kier molecular flexibility index (Phi) is 4.15. The summed E-state index contributed by atoms with van der Waals surface area (Å²) in [6.07, 6.45) is 1.64. The maximum atomic E-state index is 11.6. The number of rotatable bonds is 5. The summed E-state index contributed by atoms with van der Waals surface area (Å²) in [7, 11) is -2.95. The first-order valence-electron chi connectivity index (χ1n) is 5.08. The molecule has 3 nitrogen and oxygen atoms in total. The highest BCUT2D eigenvalue weighted by Crippen LogP contribution is 2.10. The Hall–Kier alpha value is -1.03. The van der Waals surface area contributed by atoms with E-state index in [4.69, 9.17) is 5.73 Å². The SMILES string of the molecule is CCCCS(=O)(=O)Cc1ccc(N)cc1. The molecule has 0 saturated heterocycles. The average molecular weight is 227 g/mol. The number of nitrogens with two attached hydrogens (primary N) is 1. The van der Waals surface area contributed by atoms with Crippen molar-refractivity contribution in [3.63, 3.8) is 0 Å². The first-order valence-corrected chi connectivity index (χ1v) is 6.90. The molecule has 0 aliphatic rings. The molecule has 0 aromatic heterocycles. The zero-order valence-corrected chi connectivity index (χ0v) is 9.76. The third-order valence-electron chi connectivity index (χ3n) is 2.18. The van der Waals surface area contributed by atoms with Crippen molar-refractivity contribution in [1.29, 1.82) is 0 Å². The Labute approximate surface area is 91.2 Å². The van der Waals surface area contributed by atoms with Crippen LogP contribution in [0.15, 0.2) is 24.3 Å². The molecule has 0 aliphatic heterocycles. The molecule has 0 radical (unpaired) electrons. The maximum absolute atomic E-state index is 11.6. The highest BCUT2D eigenvalue weighted by atomic mass is 32.2. The predicted molar refractivity (Wildman–Crippen MR) is 63.3 cm³/mol. The molecule has 0 amide bonds. The Bertz CT molecular complexity index is 395. The normalized spacial score (nSPS) is 11.5. The molecule has 0 unspecified atom stereocenters. The van der Waals surface area contributed by atoms with E-state index in [9.17, 15) is 8.42 Å². The molecule has 1 rings (SSSR count). The second-order valence-electron chi connectivity index (χ2n) is 3.69. The molecule has 4 heteroatoms. The molecule has 84 valence electrons. The van der Waals surface area contributed by atoms with Crippen LogP contribution in [0.1, 0.15) is 25.3 Å². The number of sulfone groups is 1. The summed E-state index contributed by atoms with van der Waals surface area (Å²) in [5, 5.41) is 0. The molecule has 0 heterocycles. The molecule has 1 aromatic carbocycles. The smallest absolute Gasteiger partial charge is 0.154 e. The predicted octanol–water partition coefficient (Wildman–Crippen LogP) is 1.98. The van der Waals surface area contributed by atoms with Crippen molar-refractivity contribution in [2.75, 3.05) is 11.5 Å². The first-order chi connectivity index (χ1) is 7.03. The highest BCUT2D eigenvalue weighted by Gasteiger charge is 2.10. The number of anilines is 1. The van der Waals surface area contributed by atoms with Gasteiger partial charge in [-0.3, -0.25) is 0 Å². The molecule has 0 bridgehead atoms. The minimum absolute atomic E-state index is 0.118. The van der Waals surface area contributed by atoms with Gasteiger partial charge in [0.1, 0.15) is 0 Å². The van der Waals surface area contributed by atoms with Crippen LogP contribution in [-0.4, -0.2) is 14.2 Å². The fourth-order valence-corrected chi connectivity index (χ4v) is 2.88. The molecule has 1 aromatic rings. The van der Waals surface area contributed by atoms with Gasteiger partial charge in [0.2, 0.25) is 0 Å². The van der Waals surface area contributed by atoms with E-state index in [1.54, 1.807) is 24.3 Å². The van der Waals surface area contributed by atoms with Gasteiger partial charge < -0.3 is 5.73 Å². The van der Waals surface area contributed by atoms with Crippen LogP contribution in [0.5, 0.6) is 0 Å². The van der Waals surface area contributed by atoms with Crippen molar-refractivity contribution < 1.29 is 8.42 Å². The standard InChI is InChI=1S/C11H17NO2S/c1-2-3-8-15(13,14)9-10-4-6-11(12)7-5-10/h4-7H,2-3,8-9,12H2,1H3. The van der Waals surface area contributed by atoms with Crippen LogP contribution >= 0.6 is 0 Å². The Balaban J connectivity index is 2.65. The molecule has 0 atom stereocenters. The second-order valence-corrected chi connectivity index (χ2v) is 5.87. The fourth-order valence-electron chi connectivity index (χ4n) is 1.30. The van der Waals surface area contributed by atoms with Gasteiger partial charge in [-0.1, -0.05) is 25.5 Å². The van der Waals surface area contributed by atoms with E-state index in [1.807, 2.05) is 6.92 Å². The molecular formula is C11H17NO2S. The van der Waals surface area contributed by atoms with Gasteiger partial charge in [0.25, 0.3) is 0 Å². The molecule has 0 saturated carbocycles. The number of hydrogen-bond donors (Lipinski definition) is 1. The van der Waals surface area contributed by atoms with Gasteiger partial charge in [-0.15, -0.1) is 0 Å². The number of nitrogen functional groups attached to an aromatic ring is 1. The van der Waals surface area contributed by atoms with Crippen LogP contribution in [0.3, 0.4) is 0 Å². The molecule has 2 N–H and O–H groups in total. The van der Waals surface area contributed by atoms with Gasteiger partial charge in [-0.2, -0.15) is 0 Å². The molecule has 15 heavy (non-hydrogen) atoms. The lowest BCUT2D eigenvalue weighted by atomic mass is 10.2. The summed E-state index contributed by atoms with van der Waals surface area (Å²) >= 11 is 0. The lowest BCUT2D eigenvalue weighted by Crippen LogP contribution is -2.09. The first kappa shape index (κ1) is 12.0. The van der Waals surface area contributed by atoms with Crippen molar-refractivity contribution >= 4 is 15.5 Å². The fraction of sp³-hybridized carbons (Fsp3) is 0.455. The number of unbranched alkanes of at least 4 members (excludes halogenated alkanes) is 1. The van der Waals surface area contributed by atoms with Crippen LogP contribution in [0.2, 0.25) is 0 Å². The largest absolute Gasteiger partial charge is 0.399 e. The van der Waals surface area contributed by atoms with Gasteiger partial charge in [-0.25, -0.2) is 8.42 Å². The third-order valence-corrected chi connectivity index (χ3v) is 3.86. The lowest BCUT2D eigenvalue weighted by Gasteiger charge is -2.03. The van der Waals surface area contributed by atoms with E-state index in [0.717, 1.165) is 18.4 Å². The van der Waals surface area contributed by atoms with Crippen molar-refractivity contribution in [2.45, 2.75) is 25.5 Å². The Morgan fingerprint density at radius 1 is 1.20 bits per heavy atom. The van der Waals surface area contributed by atoms with Gasteiger partial charge in [0, 0.05) is 5.69 Å². The Morgan fingerprint density at radius 2 is 1.80 bits per heavy atom. The van der Waals surface area contributed by atoms with Crippen LogP contribution < -0.4 is 5.73 Å². The van der Waals surface area contributed by atoms with Crippen molar-refractivity contribution in [1.82, 2.24) is 0 Å². The van der Waals surface area contributed by atoms with Crippen LogP contribution in [0, 0.1) is 0 Å². The summed E-state index contributed by atoms with van der Waals surface area (Å²) in [6, 6.07) is 6.98. The number of hydrogen-bond acceptors (Lipinski definition) is 3. The molecule has 0 spiro atoms. The maximum Gasteiger partial charge on any atom is 0.154 e. The number of benzene rings is 1. The van der Waals surface area contributed by atoms with E-state index in [1.165, 1.54) is 0 Å². The third kappa shape index (κ3) is 4.34. The Morgan fingerprint density at radius 3 is 2.33 bits per heavy atom. The van der Waals surface area contributed by atoms with Gasteiger partial charge >= 0.3 is 0 Å². The van der Waals surface area contributed by atoms with E-state index < -0.39 is 9.84 Å². The molecule has 0 aliphatic carbocycles. The summed E-state index contributed by atoms with van der Waals surface area (Å²) in [5.41, 5.74) is 6.98. The van der Waals surface area contributed by atoms with E-state index in [0.29, 0.717) is 5.69 Å². The van der Waals surface area contributed by atoms with Crippen molar-refractivity contribution in [3.8, 4) is 0 Å². The zero-order chi connectivity index (χ0) is 11.3. The summed E-state index contributed by atoms with van der Waals surface area (Å²) in [4.78, 5) is 0. The minimum atomic E-state index is -2.95. The summed E-state index contributed by atoms with van der Waals surface area (Å²) in [5.74, 6) is 0.390. The monoisotopic (exact) mass is 227 g/mol. The van der Waals surface area contributed by atoms with Gasteiger partial charge in [-0.05, 0) is 24.1 Å². The quantitative estimate of drug-likeness (QED) is 0.782. The van der Waals surface area contributed by atoms with E-state index in [2.05, 4.69) is 0 Å². The topological polar surface area (TPSA) is 60.2 Å². The van der Waals surface area contributed by atoms with E-state index in [-0.39, 0.29) is 11.5 Å². The van der Waals surface area contributed by atoms with Crippen LogP contribution in [-0.2, 0) is 15.6 Å². The van der Waals surface area contributed by atoms with Gasteiger partial charge in [0.05, 0.1) is 11.5 Å². The van der Waals surface area contributed by atoms with Crippen molar-refractivity contribution in [3.05, 3.63) is 29.8 Å². The zero-order valence-electron chi connectivity index (χ0n) is 8.94. The van der Waals surface area contributed by atoms with Gasteiger partial charge in [0.15, 0.2) is 9.84 Å². The summed E-state index contributed by atoms with van der Waals surface area (Å²) in [6.45, 7) is 1.98. The lowest BCUT2D eigenvalue weighted by molar-refractivity contribution is 0.592. The molecular weight excluding hydrogens is 210 g/mol. The van der Waals surface area contributed by atoms with Crippen LogP contribution in [0.25, 0.3) is 0 Å². The second kappa shape index (κ2) is 5.16.